The van der Waals surface area contributed by atoms with E-state index in [0.29, 0.717) is 5.01 Å². The molecule has 0 saturated heterocycles. The van der Waals surface area contributed by atoms with Crippen LogP contribution in [0.3, 0.4) is 0 Å². The molecule has 1 aromatic rings. The summed E-state index contributed by atoms with van der Waals surface area (Å²) in [5.74, 6) is -0.0993. The zero-order chi connectivity index (χ0) is 17.2. The van der Waals surface area contributed by atoms with Crippen LogP contribution in [0, 0.1) is 0 Å². The van der Waals surface area contributed by atoms with Crippen molar-refractivity contribution >= 4 is 29.6 Å². The summed E-state index contributed by atoms with van der Waals surface area (Å²) in [4.78, 5) is 6.87. The van der Waals surface area contributed by atoms with E-state index in [1.807, 2.05) is 40.8 Å². The third-order valence-corrected chi connectivity index (χ3v) is 13.3. The minimum Gasteiger partial charge on any atom is -0.248 e. The van der Waals surface area contributed by atoms with Crippen LogP contribution in [0.1, 0.15) is 38.6 Å². The van der Waals surface area contributed by atoms with Gasteiger partial charge < -0.3 is 0 Å². The van der Waals surface area contributed by atoms with Crippen LogP contribution in [0.25, 0.3) is 10.4 Å². The average molecular weight is 362 g/mol. The minimum absolute atomic E-state index is 0.0949. The second-order valence-electron chi connectivity index (χ2n) is 6.81. The van der Waals surface area contributed by atoms with Crippen molar-refractivity contribution in [1.29, 1.82) is 0 Å². The summed E-state index contributed by atoms with van der Waals surface area (Å²) in [6.45, 7) is 12.2. The van der Waals surface area contributed by atoms with Gasteiger partial charge in [0.25, 0.3) is 0 Å². The van der Waals surface area contributed by atoms with E-state index in [9.17, 15) is 8.42 Å². The lowest BCUT2D eigenvalue weighted by Crippen LogP contribution is -2.54. The predicted molar refractivity (Wildman–Crippen MR) is 92.1 cm³/mol. The van der Waals surface area contributed by atoms with Gasteiger partial charge in [-0.1, -0.05) is 45.9 Å². The summed E-state index contributed by atoms with van der Waals surface area (Å²) in [7, 11) is -5.76. The minimum atomic E-state index is -3.57. The molecule has 1 heterocycles. The third kappa shape index (κ3) is 4.53. The molecule has 0 aliphatic rings. The van der Waals surface area contributed by atoms with E-state index in [0.717, 1.165) is 11.3 Å². The first kappa shape index (κ1) is 19.1. The maximum Gasteiger partial charge on any atom is 0.245 e. The Balaban J connectivity index is 3.01. The summed E-state index contributed by atoms with van der Waals surface area (Å²) in [6.07, 6.45) is 1.38. The van der Waals surface area contributed by atoms with Gasteiger partial charge in [0.15, 0.2) is 4.21 Å². The summed E-state index contributed by atoms with van der Waals surface area (Å²) in [5, 5.41) is 4.06. The van der Waals surface area contributed by atoms with E-state index in [1.54, 1.807) is 0 Å². The highest BCUT2D eigenvalue weighted by Crippen LogP contribution is 2.35. The van der Waals surface area contributed by atoms with Crippen molar-refractivity contribution in [2.45, 2.75) is 56.0 Å². The highest BCUT2D eigenvalue weighted by molar-refractivity contribution is 7.93. The van der Waals surface area contributed by atoms with Gasteiger partial charge in [-0.3, -0.25) is 0 Å². The molecule has 0 fully saturated rings. The lowest BCUT2D eigenvalue weighted by atomic mass is 10.2. The fraction of sp³-hybridized carbons (Fsp3) is 0.750. The van der Waals surface area contributed by atoms with Gasteiger partial charge in [0.2, 0.25) is 10.0 Å². The lowest BCUT2D eigenvalue weighted by molar-refractivity contribution is 0.591. The fourth-order valence-electron chi connectivity index (χ4n) is 1.40. The van der Waals surface area contributed by atoms with E-state index in [4.69, 9.17) is 5.53 Å². The van der Waals surface area contributed by atoms with Crippen molar-refractivity contribution in [2.24, 2.45) is 5.11 Å². The van der Waals surface area contributed by atoms with Crippen LogP contribution in [0.2, 0.25) is 18.1 Å². The molecular formula is C12H23N5O2S2Si. The largest absolute Gasteiger partial charge is 0.248 e. The molecule has 1 rings (SSSR count). The standard InChI is InChI=1S/C12H23N5O2S2Si/c1-9(7-15-16-13)11-14-8-10(20-11)21(18,19)17-22(5,6)12(2,3)4/h8-9,17H,7H2,1-6H3. The van der Waals surface area contributed by atoms with Crippen molar-refractivity contribution in [3.05, 3.63) is 21.6 Å². The predicted octanol–water partition coefficient (Wildman–Crippen LogP) is 3.84. The molecule has 0 aromatic carbocycles. The molecule has 124 valence electrons. The summed E-state index contributed by atoms with van der Waals surface area (Å²) < 4.78 is 28.2. The van der Waals surface area contributed by atoms with Gasteiger partial charge in [0.1, 0.15) is 8.24 Å². The average Bonchev–Trinajstić information content (AvgIpc) is 2.83. The smallest absolute Gasteiger partial charge is 0.245 e. The van der Waals surface area contributed by atoms with E-state index >= 15 is 0 Å². The maximum atomic E-state index is 12.6. The first-order valence-corrected chi connectivity index (χ1v) is 12.2. The molecule has 0 aliphatic heterocycles. The van der Waals surface area contributed by atoms with Gasteiger partial charge in [0, 0.05) is 17.4 Å². The van der Waals surface area contributed by atoms with Crippen LogP contribution >= 0.6 is 11.3 Å². The van der Waals surface area contributed by atoms with Crippen molar-refractivity contribution in [1.82, 2.24) is 9.37 Å². The van der Waals surface area contributed by atoms with E-state index in [-0.39, 0.29) is 21.7 Å². The molecule has 0 spiro atoms. The van der Waals surface area contributed by atoms with E-state index in [2.05, 4.69) is 19.4 Å². The fourth-order valence-corrected chi connectivity index (χ4v) is 7.67. The lowest BCUT2D eigenvalue weighted by Gasteiger charge is -2.36. The molecule has 0 saturated carbocycles. The number of hydrogen-bond donors (Lipinski definition) is 1. The Bertz CT molecular complexity index is 672. The first-order valence-electron chi connectivity index (χ1n) is 6.91. The van der Waals surface area contributed by atoms with Crippen LogP contribution in [-0.4, -0.2) is 28.2 Å². The molecular weight excluding hydrogens is 338 g/mol. The molecule has 1 aromatic heterocycles. The quantitative estimate of drug-likeness (QED) is 0.360. The topological polar surface area (TPSA) is 108 Å². The first-order chi connectivity index (χ1) is 9.90. The number of nitrogens with one attached hydrogen (secondary N) is 1. The van der Waals surface area contributed by atoms with Gasteiger partial charge >= 0.3 is 0 Å². The Kier molecular flexibility index (Phi) is 5.80. The number of hydrogen-bond acceptors (Lipinski definition) is 5. The van der Waals surface area contributed by atoms with Gasteiger partial charge in [-0.15, -0.1) is 11.3 Å². The van der Waals surface area contributed by atoms with Crippen LogP contribution in [-0.2, 0) is 10.0 Å². The molecule has 0 amide bonds. The number of aromatic nitrogens is 1. The zero-order valence-electron chi connectivity index (χ0n) is 13.8. The van der Waals surface area contributed by atoms with Crippen molar-refractivity contribution in [2.75, 3.05) is 6.54 Å². The molecule has 0 aliphatic carbocycles. The second kappa shape index (κ2) is 6.67. The van der Waals surface area contributed by atoms with Crippen LogP contribution < -0.4 is 4.39 Å². The monoisotopic (exact) mass is 361 g/mol. The molecule has 1 unspecified atom stereocenters. The number of thiazole rings is 1. The highest BCUT2D eigenvalue weighted by Gasteiger charge is 2.40. The van der Waals surface area contributed by atoms with Crippen LogP contribution in [0.4, 0.5) is 0 Å². The molecule has 0 radical (unpaired) electrons. The molecule has 22 heavy (non-hydrogen) atoms. The van der Waals surface area contributed by atoms with Gasteiger partial charge in [-0.25, -0.2) is 17.8 Å². The maximum absolute atomic E-state index is 12.6. The van der Waals surface area contributed by atoms with E-state index < -0.39 is 18.3 Å². The highest BCUT2D eigenvalue weighted by atomic mass is 32.2. The second-order valence-corrected chi connectivity index (χ2v) is 15.1. The van der Waals surface area contributed by atoms with Crippen molar-refractivity contribution < 1.29 is 8.42 Å². The van der Waals surface area contributed by atoms with Crippen molar-refractivity contribution in [3.63, 3.8) is 0 Å². The Morgan fingerprint density at radius 2 is 2.09 bits per heavy atom. The Hall–Kier alpha value is -0.933. The molecule has 7 nitrogen and oxygen atoms in total. The Morgan fingerprint density at radius 3 is 2.59 bits per heavy atom. The Labute approximate surface area is 136 Å². The Morgan fingerprint density at radius 1 is 1.50 bits per heavy atom. The number of azide groups is 1. The summed E-state index contributed by atoms with van der Waals surface area (Å²) in [5.41, 5.74) is 8.34. The van der Waals surface area contributed by atoms with Gasteiger partial charge in [0.05, 0.1) is 11.2 Å². The van der Waals surface area contributed by atoms with Crippen LogP contribution in [0.15, 0.2) is 15.5 Å². The number of nitrogens with zero attached hydrogens (tertiary/aromatic N) is 4. The van der Waals surface area contributed by atoms with E-state index in [1.165, 1.54) is 6.20 Å². The molecule has 0 bridgehead atoms. The molecule has 1 atom stereocenters. The normalized spacial score (nSPS) is 14.5. The van der Waals surface area contributed by atoms with Gasteiger partial charge in [-0.2, -0.15) is 0 Å². The van der Waals surface area contributed by atoms with Gasteiger partial charge in [-0.05, 0) is 10.6 Å². The summed E-state index contributed by atoms with van der Waals surface area (Å²) >= 11 is 1.13. The zero-order valence-corrected chi connectivity index (χ0v) is 16.4. The number of rotatable bonds is 6. The number of sulfonamides is 1. The van der Waals surface area contributed by atoms with Crippen molar-refractivity contribution in [3.8, 4) is 0 Å². The molecule has 1 N–H and O–H groups in total. The van der Waals surface area contributed by atoms with Crippen LogP contribution in [0.5, 0.6) is 0 Å². The SMILES string of the molecule is CC(CN=[N+]=[N-])c1ncc(S(=O)(=O)N[Si](C)(C)C(C)(C)C)s1. The summed E-state index contributed by atoms with van der Waals surface area (Å²) in [6, 6.07) is 0. The molecule has 10 heteroatoms. The third-order valence-electron chi connectivity index (χ3n) is 3.87.